The molecule has 0 aliphatic carbocycles. The summed E-state index contributed by atoms with van der Waals surface area (Å²) in [6.07, 6.45) is 1.53. The van der Waals surface area contributed by atoms with E-state index in [1.807, 2.05) is 36.6 Å². The topological polar surface area (TPSA) is 104 Å². The van der Waals surface area contributed by atoms with E-state index in [1.165, 1.54) is 6.21 Å². The van der Waals surface area contributed by atoms with Crippen LogP contribution in [0.2, 0.25) is 0 Å². The quantitative estimate of drug-likeness (QED) is 0.280. The van der Waals surface area contributed by atoms with Crippen LogP contribution < -0.4 is 5.43 Å². The average Bonchev–Trinajstić information content (AvgIpc) is 3.17. The zero-order valence-corrected chi connectivity index (χ0v) is 19.3. The number of hydrogen-bond donors (Lipinski definition) is 3. The number of nitrogens with zero attached hydrogens (tertiary/aromatic N) is 2. The van der Waals surface area contributed by atoms with Crippen LogP contribution in [0.25, 0.3) is 5.69 Å². The van der Waals surface area contributed by atoms with Crippen molar-refractivity contribution in [3.63, 3.8) is 0 Å². The summed E-state index contributed by atoms with van der Waals surface area (Å²) in [5, 5.41) is 24.8. The summed E-state index contributed by atoms with van der Waals surface area (Å²) in [7, 11) is 0. The largest absolute Gasteiger partial charge is 0.478 e. The molecule has 35 heavy (non-hydrogen) atoms. The molecule has 0 unspecified atom stereocenters. The van der Waals surface area contributed by atoms with Crippen molar-refractivity contribution in [2.45, 2.75) is 19.4 Å². The minimum Gasteiger partial charge on any atom is -0.478 e. The third-order valence-electron chi connectivity index (χ3n) is 5.92. The van der Waals surface area contributed by atoms with E-state index in [2.05, 4.69) is 10.5 Å². The van der Waals surface area contributed by atoms with E-state index >= 15 is 0 Å². The van der Waals surface area contributed by atoms with E-state index in [0.29, 0.717) is 11.1 Å². The average molecular weight is 468 g/mol. The fourth-order valence-corrected chi connectivity index (χ4v) is 4.10. The zero-order chi connectivity index (χ0) is 25.0. The lowest BCUT2D eigenvalue weighted by molar-refractivity contribution is -0.136. The van der Waals surface area contributed by atoms with Gasteiger partial charge in [0.1, 0.15) is 0 Å². The molecule has 176 valence electrons. The Balaban J connectivity index is 1.59. The third-order valence-corrected chi connectivity index (χ3v) is 5.92. The maximum Gasteiger partial charge on any atom is 0.335 e. The molecular formula is C28H25N3O4. The highest BCUT2D eigenvalue weighted by Crippen LogP contribution is 2.30. The number of rotatable bonds is 7. The van der Waals surface area contributed by atoms with Gasteiger partial charge in [-0.2, -0.15) is 5.10 Å². The van der Waals surface area contributed by atoms with Gasteiger partial charge in [0.05, 0.1) is 11.8 Å². The number of hydrogen-bond acceptors (Lipinski definition) is 4. The van der Waals surface area contributed by atoms with Crippen LogP contribution in [0.5, 0.6) is 0 Å². The summed E-state index contributed by atoms with van der Waals surface area (Å²) in [6.45, 7) is 3.84. The van der Waals surface area contributed by atoms with E-state index in [-0.39, 0.29) is 5.56 Å². The van der Waals surface area contributed by atoms with Gasteiger partial charge in [-0.1, -0.05) is 60.7 Å². The third kappa shape index (κ3) is 4.62. The Morgan fingerprint density at radius 1 is 0.886 bits per heavy atom. The Bertz CT molecular complexity index is 1340. The number of aryl methyl sites for hydroxylation is 1. The van der Waals surface area contributed by atoms with Crippen molar-refractivity contribution in [3.05, 3.63) is 125 Å². The van der Waals surface area contributed by atoms with Crippen molar-refractivity contribution in [3.8, 4) is 5.69 Å². The second-order valence-electron chi connectivity index (χ2n) is 8.16. The number of aromatic carboxylic acids is 1. The molecule has 0 aliphatic rings. The van der Waals surface area contributed by atoms with Gasteiger partial charge in [-0.15, -0.1) is 0 Å². The van der Waals surface area contributed by atoms with Crippen molar-refractivity contribution in [2.24, 2.45) is 5.10 Å². The van der Waals surface area contributed by atoms with E-state index in [9.17, 15) is 14.7 Å². The number of carboxylic acids is 1. The molecule has 0 saturated heterocycles. The minimum atomic E-state index is -1.91. The van der Waals surface area contributed by atoms with Gasteiger partial charge in [0.15, 0.2) is 5.60 Å². The van der Waals surface area contributed by atoms with Gasteiger partial charge in [-0.25, -0.2) is 10.2 Å². The van der Waals surface area contributed by atoms with Gasteiger partial charge in [0.2, 0.25) is 0 Å². The molecule has 1 amide bonds. The first-order valence-electron chi connectivity index (χ1n) is 11.0. The minimum absolute atomic E-state index is 0.213. The molecule has 4 rings (SSSR count). The van der Waals surface area contributed by atoms with Crippen molar-refractivity contribution in [1.29, 1.82) is 0 Å². The standard InChI is InChI=1S/C28H25N3O4/c1-19-17-22(20(2)31(19)25-15-13-21(14-16-25)26(32)33)18-29-30-27(34)28(35,23-9-5-3-6-10-23)24-11-7-4-8-12-24/h3-18,35H,1-2H3,(H,30,34)(H,32,33). The molecule has 0 bridgehead atoms. The molecule has 1 heterocycles. The van der Waals surface area contributed by atoms with Gasteiger partial charge < -0.3 is 14.8 Å². The number of carbonyl (C=O) groups is 2. The Hall–Kier alpha value is -4.49. The molecule has 0 saturated carbocycles. The molecule has 0 spiro atoms. The highest BCUT2D eigenvalue weighted by molar-refractivity contribution is 5.91. The van der Waals surface area contributed by atoms with E-state index < -0.39 is 17.5 Å². The molecule has 1 aromatic heterocycles. The van der Waals surface area contributed by atoms with Crippen LogP contribution in [0.15, 0.2) is 96.1 Å². The van der Waals surface area contributed by atoms with Gasteiger partial charge in [0.25, 0.3) is 5.91 Å². The van der Waals surface area contributed by atoms with E-state index in [1.54, 1.807) is 72.8 Å². The molecule has 0 fully saturated rings. The van der Waals surface area contributed by atoms with Crippen LogP contribution in [0.4, 0.5) is 0 Å². The van der Waals surface area contributed by atoms with Crippen molar-refractivity contribution in [1.82, 2.24) is 9.99 Å². The monoisotopic (exact) mass is 467 g/mol. The second-order valence-corrected chi connectivity index (χ2v) is 8.16. The Morgan fingerprint density at radius 2 is 1.43 bits per heavy atom. The first kappa shape index (κ1) is 23.7. The lowest BCUT2D eigenvalue weighted by atomic mass is 9.85. The molecule has 7 heteroatoms. The normalized spacial score (nSPS) is 11.5. The first-order chi connectivity index (χ1) is 16.8. The molecule has 3 aromatic carbocycles. The number of benzene rings is 3. The SMILES string of the molecule is Cc1cc(C=NNC(=O)C(O)(c2ccccc2)c2ccccc2)c(C)n1-c1ccc(C(=O)O)cc1. The first-order valence-corrected chi connectivity index (χ1v) is 11.0. The molecular weight excluding hydrogens is 442 g/mol. The van der Waals surface area contributed by atoms with Crippen LogP contribution in [-0.4, -0.2) is 32.9 Å². The van der Waals surface area contributed by atoms with Gasteiger partial charge in [0, 0.05) is 22.6 Å². The maximum absolute atomic E-state index is 13.2. The van der Waals surface area contributed by atoms with E-state index in [4.69, 9.17) is 5.11 Å². The lowest BCUT2D eigenvalue weighted by Gasteiger charge is -2.27. The van der Waals surface area contributed by atoms with E-state index in [0.717, 1.165) is 22.6 Å². The summed E-state index contributed by atoms with van der Waals surface area (Å²) < 4.78 is 1.97. The molecule has 4 aromatic rings. The summed E-state index contributed by atoms with van der Waals surface area (Å²) >= 11 is 0. The predicted molar refractivity (Wildman–Crippen MR) is 134 cm³/mol. The van der Waals surface area contributed by atoms with Crippen LogP contribution in [-0.2, 0) is 10.4 Å². The summed E-state index contributed by atoms with van der Waals surface area (Å²) in [4.78, 5) is 24.3. The van der Waals surface area contributed by atoms with Gasteiger partial charge in [-0.05, 0) is 55.3 Å². The van der Waals surface area contributed by atoms with Gasteiger partial charge in [-0.3, -0.25) is 4.79 Å². The number of aliphatic hydroxyl groups is 1. The molecule has 0 atom stereocenters. The van der Waals surface area contributed by atoms with Crippen LogP contribution >= 0.6 is 0 Å². The Morgan fingerprint density at radius 3 is 1.94 bits per heavy atom. The zero-order valence-electron chi connectivity index (χ0n) is 19.3. The fraction of sp³-hybridized carbons (Fsp3) is 0.107. The number of amides is 1. The lowest BCUT2D eigenvalue weighted by Crippen LogP contribution is -2.43. The highest BCUT2D eigenvalue weighted by Gasteiger charge is 2.39. The van der Waals surface area contributed by atoms with Crippen LogP contribution in [0.3, 0.4) is 0 Å². The summed E-state index contributed by atoms with van der Waals surface area (Å²) in [5.74, 6) is -1.66. The summed E-state index contributed by atoms with van der Waals surface area (Å²) in [6, 6.07) is 26.0. The maximum atomic E-state index is 13.2. The predicted octanol–water partition coefficient (Wildman–Crippen LogP) is 4.18. The molecule has 0 aliphatic heterocycles. The van der Waals surface area contributed by atoms with Crippen molar-refractivity contribution in [2.75, 3.05) is 0 Å². The fourth-order valence-electron chi connectivity index (χ4n) is 4.10. The molecule has 7 nitrogen and oxygen atoms in total. The van der Waals surface area contributed by atoms with Crippen LogP contribution in [0.1, 0.15) is 38.4 Å². The van der Waals surface area contributed by atoms with Gasteiger partial charge >= 0.3 is 5.97 Å². The smallest absolute Gasteiger partial charge is 0.335 e. The number of nitrogens with one attached hydrogen (secondary N) is 1. The Labute approximate surface area is 203 Å². The highest BCUT2D eigenvalue weighted by atomic mass is 16.4. The molecule has 0 radical (unpaired) electrons. The van der Waals surface area contributed by atoms with Crippen molar-refractivity contribution < 1.29 is 19.8 Å². The number of carbonyl (C=O) groups excluding carboxylic acids is 1. The number of hydrazone groups is 1. The molecule has 3 N–H and O–H groups in total. The van der Waals surface area contributed by atoms with Crippen molar-refractivity contribution >= 4 is 18.1 Å². The Kier molecular flexibility index (Phi) is 6.62. The number of carboxylic acid groups (broad SMARTS) is 1. The number of aromatic nitrogens is 1. The van der Waals surface area contributed by atoms with Crippen LogP contribution in [0, 0.1) is 13.8 Å². The second kappa shape index (κ2) is 9.79. The summed E-state index contributed by atoms with van der Waals surface area (Å²) in [5.41, 5.74) is 5.03.